The smallest absolute Gasteiger partial charge is 0.415 e. The molecule has 1 fully saturated rings. The minimum atomic E-state index is 0.171. The highest BCUT2D eigenvalue weighted by molar-refractivity contribution is 6.58. The zero-order chi connectivity index (χ0) is 11.4. The Balaban J connectivity index is 2.78. The van der Waals surface area contributed by atoms with Gasteiger partial charge < -0.3 is 9.47 Å². The zero-order valence-corrected chi connectivity index (χ0v) is 10.7. The first-order chi connectivity index (χ1) is 7.07. The summed E-state index contributed by atoms with van der Waals surface area (Å²) in [7, 11) is 0.171. The van der Waals surface area contributed by atoms with Gasteiger partial charge in [0.25, 0.3) is 0 Å². The summed E-state index contributed by atoms with van der Waals surface area (Å²) in [5.41, 5.74) is 1.35. The van der Waals surface area contributed by atoms with Crippen molar-refractivity contribution in [3.05, 3.63) is 11.5 Å². The summed E-state index contributed by atoms with van der Waals surface area (Å²) in [5.74, 6) is 0. The molecule has 0 spiro atoms. The molecule has 0 aromatic heterocycles. The highest BCUT2D eigenvalue weighted by Gasteiger charge is 2.36. The Labute approximate surface area is 94.8 Å². The summed E-state index contributed by atoms with van der Waals surface area (Å²) in [5, 5.41) is 0. The second-order valence-corrected chi connectivity index (χ2v) is 4.66. The van der Waals surface area contributed by atoms with Gasteiger partial charge in [-0.3, -0.25) is 0 Å². The van der Waals surface area contributed by atoms with Crippen molar-refractivity contribution in [2.24, 2.45) is 0 Å². The van der Waals surface area contributed by atoms with Crippen molar-refractivity contribution >= 4 is 7.05 Å². The predicted molar refractivity (Wildman–Crippen MR) is 65.5 cm³/mol. The van der Waals surface area contributed by atoms with Crippen molar-refractivity contribution in [3.63, 3.8) is 0 Å². The average Bonchev–Trinajstić information content (AvgIpc) is 2.53. The monoisotopic (exact) mass is 208 g/mol. The van der Waals surface area contributed by atoms with Crippen molar-refractivity contribution in [1.82, 2.24) is 4.81 Å². The van der Waals surface area contributed by atoms with Crippen molar-refractivity contribution in [2.75, 3.05) is 6.61 Å². The molecule has 1 rings (SSSR count). The van der Waals surface area contributed by atoms with Gasteiger partial charge in [-0.1, -0.05) is 40.7 Å². The van der Waals surface area contributed by atoms with Crippen LogP contribution in [0, 0.1) is 6.08 Å². The van der Waals surface area contributed by atoms with E-state index in [1.54, 1.807) is 0 Å². The van der Waals surface area contributed by atoms with Crippen LogP contribution in [0.5, 0.6) is 0 Å². The molecule has 0 bridgehead atoms. The Bertz CT molecular complexity index is 218. The summed E-state index contributed by atoms with van der Waals surface area (Å²) >= 11 is 0. The molecule has 0 saturated carbocycles. The van der Waals surface area contributed by atoms with Gasteiger partial charge in [0.1, 0.15) is 0 Å². The number of allylic oxidation sites excluding steroid dienone is 1. The van der Waals surface area contributed by atoms with Gasteiger partial charge >= 0.3 is 7.05 Å². The molecule has 1 saturated heterocycles. The van der Waals surface area contributed by atoms with E-state index in [1.807, 2.05) is 0 Å². The molecule has 1 radical (unpaired) electrons. The second-order valence-electron chi connectivity index (χ2n) is 4.66. The van der Waals surface area contributed by atoms with Gasteiger partial charge in [-0.25, -0.2) is 0 Å². The van der Waals surface area contributed by atoms with Crippen LogP contribution in [0.2, 0.25) is 0 Å². The summed E-state index contributed by atoms with van der Waals surface area (Å²) < 4.78 is 5.83. The van der Waals surface area contributed by atoms with E-state index in [4.69, 9.17) is 4.65 Å². The van der Waals surface area contributed by atoms with Crippen molar-refractivity contribution in [3.8, 4) is 0 Å². The molecule has 0 amide bonds. The first kappa shape index (κ1) is 12.8. The fourth-order valence-corrected chi connectivity index (χ4v) is 2.31. The topological polar surface area (TPSA) is 12.5 Å². The van der Waals surface area contributed by atoms with Crippen LogP contribution in [-0.4, -0.2) is 30.6 Å². The minimum Gasteiger partial charge on any atom is -0.417 e. The lowest BCUT2D eigenvalue weighted by Crippen LogP contribution is -2.49. The summed E-state index contributed by atoms with van der Waals surface area (Å²) in [6.45, 7) is 11.9. The Morgan fingerprint density at radius 1 is 1.33 bits per heavy atom. The molecule has 0 aliphatic carbocycles. The van der Waals surface area contributed by atoms with E-state index in [1.165, 1.54) is 5.47 Å². The van der Waals surface area contributed by atoms with Gasteiger partial charge in [0.15, 0.2) is 0 Å². The number of nitrogens with zero attached hydrogens (tertiary/aromatic N) is 1. The number of rotatable bonds is 4. The number of hydrogen-bond acceptors (Lipinski definition) is 2. The fraction of sp³-hybridized carbons (Fsp3) is 0.833. The first-order valence-electron chi connectivity index (χ1n) is 6.06. The van der Waals surface area contributed by atoms with E-state index >= 15 is 0 Å². The first-order valence-corrected chi connectivity index (χ1v) is 6.06. The largest absolute Gasteiger partial charge is 0.417 e. The SMILES string of the molecule is CC[C]=C1CCOB1N(C(C)C)C(C)C. The van der Waals surface area contributed by atoms with E-state index < -0.39 is 0 Å². The molecule has 1 aliphatic rings. The maximum Gasteiger partial charge on any atom is 0.415 e. The van der Waals surface area contributed by atoms with Crippen LogP contribution in [0.1, 0.15) is 47.5 Å². The van der Waals surface area contributed by atoms with E-state index in [0.29, 0.717) is 12.1 Å². The number of hydrogen-bond donors (Lipinski definition) is 0. The van der Waals surface area contributed by atoms with Crippen LogP contribution in [-0.2, 0) is 4.65 Å². The molecule has 2 nitrogen and oxygen atoms in total. The summed E-state index contributed by atoms with van der Waals surface area (Å²) in [6.07, 6.45) is 5.47. The highest BCUT2D eigenvalue weighted by atomic mass is 16.4. The van der Waals surface area contributed by atoms with Gasteiger partial charge in [-0.15, -0.1) is 0 Å². The molecule has 0 unspecified atom stereocenters. The Hall–Kier alpha value is -0.275. The maximum absolute atomic E-state index is 5.83. The molecule has 0 aromatic carbocycles. The predicted octanol–water partition coefficient (Wildman–Crippen LogP) is 2.69. The van der Waals surface area contributed by atoms with Gasteiger partial charge in [0.2, 0.25) is 0 Å². The van der Waals surface area contributed by atoms with Crippen LogP contribution >= 0.6 is 0 Å². The lowest BCUT2D eigenvalue weighted by Gasteiger charge is -2.33. The van der Waals surface area contributed by atoms with Gasteiger partial charge in [-0.05, 0) is 30.4 Å². The minimum absolute atomic E-state index is 0.171. The molecule has 85 valence electrons. The van der Waals surface area contributed by atoms with Gasteiger partial charge in [0, 0.05) is 6.61 Å². The third kappa shape index (κ3) is 3.09. The molecule has 3 heteroatoms. The van der Waals surface area contributed by atoms with Gasteiger partial charge in [0.05, 0.1) is 0 Å². The Kier molecular flexibility index (Phi) is 4.87. The van der Waals surface area contributed by atoms with Crippen molar-refractivity contribution < 1.29 is 4.65 Å². The lowest BCUT2D eigenvalue weighted by atomic mass is 9.69. The molecule has 1 aliphatic heterocycles. The van der Waals surface area contributed by atoms with Crippen LogP contribution in [0.4, 0.5) is 0 Å². The molecular formula is C12H23BNO. The summed E-state index contributed by atoms with van der Waals surface area (Å²) in [6, 6.07) is 1.03. The fourth-order valence-electron chi connectivity index (χ4n) is 2.31. The van der Waals surface area contributed by atoms with Crippen LogP contribution in [0.3, 0.4) is 0 Å². The Morgan fingerprint density at radius 3 is 2.40 bits per heavy atom. The molecule has 1 heterocycles. The quantitative estimate of drug-likeness (QED) is 0.658. The lowest BCUT2D eigenvalue weighted by molar-refractivity contribution is 0.236. The van der Waals surface area contributed by atoms with E-state index in [0.717, 1.165) is 19.4 Å². The van der Waals surface area contributed by atoms with Crippen LogP contribution < -0.4 is 0 Å². The molecule has 0 aromatic rings. The van der Waals surface area contributed by atoms with E-state index in [2.05, 4.69) is 45.5 Å². The molecular weight excluding hydrogens is 185 g/mol. The second kappa shape index (κ2) is 5.71. The van der Waals surface area contributed by atoms with Gasteiger partial charge in [-0.2, -0.15) is 0 Å². The third-order valence-corrected chi connectivity index (χ3v) is 2.81. The molecule has 0 N–H and O–H groups in total. The average molecular weight is 208 g/mol. The van der Waals surface area contributed by atoms with E-state index in [9.17, 15) is 0 Å². The third-order valence-electron chi connectivity index (χ3n) is 2.81. The maximum atomic E-state index is 5.83. The standard InChI is InChI=1S/C12H23BNO/c1-6-7-12-8-9-15-13(12)14(10(2)3)11(4)5/h10-11H,6,8-9H2,1-5H3. The molecule has 15 heavy (non-hydrogen) atoms. The van der Waals surface area contributed by atoms with Crippen molar-refractivity contribution in [1.29, 1.82) is 0 Å². The molecule has 0 atom stereocenters. The van der Waals surface area contributed by atoms with Crippen LogP contribution in [0.25, 0.3) is 0 Å². The van der Waals surface area contributed by atoms with Crippen LogP contribution in [0.15, 0.2) is 5.47 Å². The van der Waals surface area contributed by atoms with E-state index in [-0.39, 0.29) is 7.05 Å². The normalized spacial score (nSPS) is 20.3. The highest BCUT2D eigenvalue weighted by Crippen LogP contribution is 2.23. The zero-order valence-electron chi connectivity index (χ0n) is 10.7. The van der Waals surface area contributed by atoms with Crippen molar-refractivity contribution in [2.45, 2.75) is 59.5 Å². The Morgan fingerprint density at radius 2 is 1.93 bits per heavy atom. The summed E-state index contributed by atoms with van der Waals surface area (Å²) in [4.78, 5) is 2.42.